The highest BCUT2D eigenvalue weighted by molar-refractivity contribution is 5.53. The number of hydrogen-bond donors (Lipinski definition) is 5. The van der Waals surface area contributed by atoms with Crippen LogP contribution in [0.4, 0.5) is 0 Å². The van der Waals surface area contributed by atoms with Gasteiger partial charge in [0.05, 0.1) is 32.5 Å². The Labute approximate surface area is 238 Å². The van der Waals surface area contributed by atoms with Gasteiger partial charge in [-0.1, -0.05) is 24.3 Å². The maximum Gasteiger partial charge on any atom is 0.131 e. The van der Waals surface area contributed by atoms with Gasteiger partial charge in [-0.25, -0.2) is 0 Å². The molecule has 0 radical (unpaired) electrons. The summed E-state index contributed by atoms with van der Waals surface area (Å²) in [6, 6.07) is 21.0. The first-order valence-corrected chi connectivity index (χ1v) is 13.4. The van der Waals surface area contributed by atoms with Crippen molar-refractivity contribution in [1.29, 1.82) is 0 Å². The molecule has 0 aromatic heterocycles. The predicted molar refractivity (Wildman–Crippen MR) is 153 cm³/mol. The largest absolute Gasteiger partial charge is 0.508 e. The highest BCUT2D eigenvalue weighted by Crippen LogP contribution is 2.45. The molecule has 0 amide bonds. The minimum atomic E-state index is -0.692. The van der Waals surface area contributed by atoms with E-state index in [4.69, 9.17) is 14.2 Å². The van der Waals surface area contributed by atoms with Crippen LogP contribution >= 0.6 is 0 Å². The lowest BCUT2D eigenvalue weighted by atomic mass is 9.86. The average molecular weight is 559 g/mol. The van der Waals surface area contributed by atoms with E-state index in [1.807, 2.05) is 24.3 Å². The molecule has 2 aliphatic heterocycles. The normalized spacial score (nSPS) is 20.8. The van der Waals surface area contributed by atoms with Gasteiger partial charge in [0.15, 0.2) is 0 Å². The summed E-state index contributed by atoms with van der Waals surface area (Å²) in [5, 5.41) is 49.9. The maximum atomic E-state index is 10.6. The average Bonchev–Trinajstić information content (AvgIpc) is 2.98. The van der Waals surface area contributed by atoms with Crippen LogP contribution in [0, 0.1) is 13.8 Å². The van der Waals surface area contributed by atoms with Gasteiger partial charge in [-0.05, 0) is 73.5 Å². The molecule has 8 heteroatoms. The molecule has 5 N–H and O–H groups in total. The third-order valence-corrected chi connectivity index (χ3v) is 7.89. The van der Waals surface area contributed by atoms with Gasteiger partial charge in [-0.3, -0.25) is 0 Å². The Morgan fingerprint density at radius 1 is 0.610 bits per heavy atom. The second-order valence-electron chi connectivity index (χ2n) is 10.3. The van der Waals surface area contributed by atoms with Crippen LogP contribution in [-0.2, 0) is 0 Å². The summed E-state index contributed by atoms with van der Waals surface area (Å²) >= 11 is 0. The molecule has 0 bridgehead atoms. The summed E-state index contributed by atoms with van der Waals surface area (Å²) < 4.78 is 16.6. The number of aliphatic hydroxyl groups is 2. The molecule has 0 saturated heterocycles. The summed E-state index contributed by atoms with van der Waals surface area (Å²) in [6.07, 6.45) is -1.34. The van der Waals surface area contributed by atoms with Crippen LogP contribution < -0.4 is 14.2 Å². The third-order valence-electron chi connectivity index (χ3n) is 7.89. The lowest BCUT2D eigenvalue weighted by Crippen LogP contribution is -2.24. The number of fused-ring (bicyclic) bond motifs is 2. The Bertz CT molecular complexity index is 1510. The second-order valence-corrected chi connectivity index (χ2v) is 10.3. The van der Waals surface area contributed by atoms with E-state index in [0.29, 0.717) is 41.4 Å². The fourth-order valence-corrected chi connectivity index (χ4v) is 5.35. The molecule has 2 aliphatic rings. The Morgan fingerprint density at radius 2 is 1.02 bits per heavy atom. The van der Waals surface area contributed by atoms with Gasteiger partial charge in [0.2, 0.25) is 0 Å². The molecule has 214 valence electrons. The Morgan fingerprint density at radius 3 is 1.44 bits per heavy atom. The van der Waals surface area contributed by atoms with E-state index in [2.05, 4.69) is 0 Å². The molecule has 0 spiro atoms. The summed E-state index contributed by atoms with van der Waals surface area (Å²) in [4.78, 5) is 0. The zero-order chi connectivity index (χ0) is 29.3. The molecule has 0 saturated carbocycles. The van der Waals surface area contributed by atoms with Gasteiger partial charge >= 0.3 is 0 Å². The van der Waals surface area contributed by atoms with E-state index in [-0.39, 0.29) is 29.1 Å². The molecule has 2 heterocycles. The summed E-state index contributed by atoms with van der Waals surface area (Å²) in [7, 11) is 1.62. The molecule has 6 rings (SSSR count). The number of phenolic OH excluding ortho intramolecular Hbond substituents is 3. The van der Waals surface area contributed by atoms with E-state index < -0.39 is 12.2 Å². The van der Waals surface area contributed by atoms with Gasteiger partial charge in [-0.2, -0.15) is 0 Å². The molecule has 0 aliphatic carbocycles. The number of benzene rings is 4. The predicted octanol–water partition coefficient (Wildman–Crippen LogP) is 5.53. The van der Waals surface area contributed by atoms with Crippen LogP contribution in [0.15, 0.2) is 72.8 Å². The number of hydrogen-bond acceptors (Lipinski definition) is 8. The van der Waals surface area contributed by atoms with Crippen LogP contribution in [0.1, 0.15) is 57.4 Å². The van der Waals surface area contributed by atoms with Crippen molar-refractivity contribution in [1.82, 2.24) is 0 Å². The summed E-state index contributed by atoms with van der Waals surface area (Å²) in [5.41, 5.74) is 4.62. The minimum absolute atomic E-state index is 0.132. The molecule has 0 fully saturated rings. The molecule has 41 heavy (non-hydrogen) atoms. The summed E-state index contributed by atoms with van der Waals surface area (Å²) in [6.45, 7) is 4.27. The lowest BCUT2D eigenvalue weighted by molar-refractivity contribution is 0.0878. The molecular formula is C33H34O8. The van der Waals surface area contributed by atoms with Crippen molar-refractivity contribution in [2.75, 3.05) is 20.3 Å². The van der Waals surface area contributed by atoms with E-state index in [1.54, 1.807) is 69.5 Å². The fraction of sp³-hybridized carbons (Fsp3) is 0.273. The van der Waals surface area contributed by atoms with Crippen molar-refractivity contribution in [2.45, 2.75) is 37.9 Å². The van der Waals surface area contributed by atoms with Crippen molar-refractivity contribution in [3.05, 3.63) is 106 Å². The smallest absolute Gasteiger partial charge is 0.131 e. The first kappa shape index (κ1) is 28.1. The van der Waals surface area contributed by atoms with Crippen molar-refractivity contribution < 1.29 is 39.7 Å². The van der Waals surface area contributed by atoms with Crippen molar-refractivity contribution >= 4 is 0 Å². The second kappa shape index (κ2) is 11.6. The molecule has 4 aromatic carbocycles. The maximum absolute atomic E-state index is 10.6. The van der Waals surface area contributed by atoms with E-state index in [9.17, 15) is 25.5 Å². The highest BCUT2D eigenvalue weighted by atomic mass is 16.5. The van der Waals surface area contributed by atoms with Crippen LogP contribution in [0.2, 0.25) is 0 Å². The SMILES string of the molecule is COc1ccc(C2COc3c(ccc(O)c3C)C2O)cc1.Cc1c(O)ccc2c1OCC(c1ccc(O)cc1)C2O. The number of aliphatic hydroxyl groups excluding tert-OH is 2. The first-order chi connectivity index (χ1) is 19.7. The van der Waals surface area contributed by atoms with E-state index in [1.165, 1.54) is 0 Å². The fourth-order valence-electron chi connectivity index (χ4n) is 5.35. The van der Waals surface area contributed by atoms with Gasteiger partial charge < -0.3 is 39.7 Å². The van der Waals surface area contributed by atoms with Gasteiger partial charge in [0.1, 0.15) is 34.5 Å². The van der Waals surface area contributed by atoms with Crippen molar-refractivity contribution in [3.63, 3.8) is 0 Å². The summed E-state index contributed by atoms with van der Waals surface area (Å²) in [5.74, 6) is 2.16. The zero-order valence-corrected chi connectivity index (χ0v) is 23.1. The minimum Gasteiger partial charge on any atom is -0.508 e. The van der Waals surface area contributed by atoms with E-state index >= 15 is 0 Å². The van der Waals surface area contributed by atoms with E-state index in [0.717, 1.165) is 22.4 Å². The Hall–Kier alpha value is -4.40. The molecule has 4 unspecified atom stereocenters. The number of rotatable bonds is 3. The number of phenols is 3. The van der Waals surface area contributed by atoms with Crippen molar-refractivity contribution in [3.8, 4) is 34.5 Å². The number of ether oxygens (including phenoxy) is 3. The Balaban J connectivity index is 0.000000165. The van der Waals surface area contributed by atoms with Crippen LogP contribution in [0.3, 0.4) is 0 Å². The van der Waals surface area contributed by atoms with Crippen LogP contribution in [0.25, 0.3) is 0 Å². The lowest BCUT2D eigenvalue weighted by Gasteiger charge is -2.31. The first-order valence-electron chi connectivity index (χ1n) is 13.4. The van der Waals surface area contributed by atoms with Crippen LogP contribution in [-0.4, -0.2) is 45.9 Å². The topological polar surface area (TPSA) is 129 Å². The number of aromatic hydroxyl groups is 3. The quantitative estimate of drug-likeness (QED) is 0.222. The van der Waals surface area contributed by atoms with Crippen LogP contribution in [0.5, 0.6) is 34.5 Å². The van der Waals surface area contributed by atoms with Gasteiger partial charge in [0, 0.05) is 34.1 Å². The monoisotopic (exact) mass is 558 g/mol. The zero-order valence-electron chi connectivity index (χ0n) is 23.1. The number of methoxy groups -OCH3 is 1. The van der Waals surface area contributed by atoms with Crippen molar-refractivity contribution in [2.24, 2.45) is 0 Å². The molecule has 4 atom stereocenters. The molecular weight excluding hydrogens is 524 g/mol. The van der Waals surface area contributed by atoms with Gasteiger partial charge in [0.25, 0.3) is 0 Å². The van der Waals surface area contributed by atoms with Gasteiger partial charge in [-0.15, -0.1) is 0 Å². The molecule has 4 aromatic rings. The highest BCUT2D eigenvalue weighted by Gasteiger charge is 2.33. The molecule has 8 nitrogen and oxygen atoms in total. The third kappa shape index (κ3) is 5.49. The Kier molecular flexibility index (Phi) is 7.97. The standard InChI is InChI=1S/C17H18O4.C16H16O4/c1-10-15(18)8-7-13-16(19)14(9-21-17(10)13)11-3-5-12(20-2)6-4-11;1-9-14(18)7-6-12-15(19)13(8-20-16(9)12)10-2-4-11(17)5-3-10/h3-8,14,16,18-19H,9H2,1-2H3;2-7,13,15,17-19H,8H2,1H3.